The van der Waals surface area contributed by atoms with Crippen molar-refractivity contribution in [2.75, 3.05) is 18.0 Å². The molecule has 0 saturated carbocycles. The second kappa shape index (κ2) is 6.80. The minimum absolute atomic E-state index is 0.109. The molecule has 2 nitrogen and oxygen atoms in total. The van der Waals surface area contributed by atoms with Crippen LogP contribution in [-0.2, 0) is 6.54 Å². The number of hydrogen-bond acceptors (Lipinski definition) is 3. The van der Waals surface area contributed by atoms with Crippen molar-refractivity contribution in [1.29, 1.82) is 0 Å². The van der Waals surface area contributed by atoms with Crippen LogP contribution in [-0.4, -0.2) is 29.1 Å². The lowest BCUT2D eigenvalue weighted by molar-refractivity contribution is 0.424. The molecule has 2 atom stereocenters. The van der Waals surface area contributed by atoms with Gasteiger partial charge >= 0.3 is 0 Å². The predicted molar refractivity (Wildman–Crippen MR) is 96.8 cm³/mol. The van der Waals surface area contributed by atoms with E-state index in [9.17, 15) is 0 Å². The van der Waals surface area contributed by atoms with Crippen molar-refractivity contribution in [3.05, 3.63) is 28.8 Å². The summed E-state index contributed by atoms with van der Waals surface area (Å²) in [7, 11) is 0. The van der Waals surface area contributed by atoms with E-state index in [4.69, 9.17) is 11.6 Å². The lowest BCUT2D eigenvalue weighted by atomic mass is 10.1. The highest BCUT2D eigenvalue weighted by atomic mass is 35.5. The number of thioether (sulfide) groups is 1. The van der Waals surface area contributed by atoms with E-state index in [0.717, 1.165) is 24.7 Å². The van der Waals surface area contributed by atoms with Crippen molar-refractivity contribution in [1.82, 2.24) is 5.32 Å². The van der Waals surface area contributed by atoms with Crippen molar-refractivity contribution in [2.45, 2.75) is 57.2 Å². The third-order valence-electron chi connectivity index (χ3n) is 3.62. The quantitative estimate of drug-likeness (QED) is 0.876. The van der Waals surface area contributed by atoms with Gasteiger partial charge in [0.25, 0.3) is 0 Å². The number of nitrogens with one attached hydrogen (secondary N) is 1. The first-order valence-electron chi connectivity index (χ1n) is 7.69. The molecule has 0 amide bonds. The van der Waals surface area contributed by atoms with E-state index in [0.29, 0.717) is 10.5 Å². The number of anilines is 1. The van der Waals surface area contributed by atoms with Crippen LogP contribution in [0.4, 0.5) is 5.69 Å². The van der Waals surface area contributed by atoms with Gasteiger partial charge in [0.15, 0.2) is 0 Å². The van der Waals surface area contributed by atoms with E-state index in [-0.39, 0.29) is 5.54 Å². The Morgan fingerprint density at radius 1 is 1.24 bits per heavy atom. The molecule has 2 unspecified atom stereocenters. The molecule has 0 bridgehead atoms. The van der Waals surface area contributed by atoms with Gasteiger partial charge in [-0.3, -0.25) is 0 Å². The Kier molecular flexibility index (Phi) is 5.50. The Bertz CT molecular complexity index is 474. The Balaban J connectivity index is 2.25. The second-order valence-electron chi connectivity index (χ2n) is 7.01. The third kappa shape index (κ3) is 4.80. The summed E-state index contributed by atoms with van der Waals surface area (Å²) in [5.74, 6) is 0. The molecule has 21 heavy (non-hydrogen) atoms. The van der Waals surface area contributed by atoms with Crippen molar-refractivity contribution in [3.63, 3.8) is 0 Å². The van der Waals surface area contributed by atoms with Crippen LogP contribution in [0.2, 0.25) is 5.02 Å². The Morgan fingerprint density at radius 3 is 2.43 bits per heavy atom. The van der Waals surface area contributed by atoms with Crippen molar-refractivity contribution >= 4 is 29.1 Å². The molecule has 1 aliphatic rings. The normalized spacial score (nSPS) is 23.4. The summed E-state index contributed by atoms with van der Waals surface area (Å²) in [6, 6.07) is 6.25. The van der Waals surface area contributed by atoms with Crippen LogP contribution in [0, 0.1) is 0 Å². The smallest absolute Gasteiger partial charge is 0.0642 e. The number of halogens is 1. The van der Waals surface area contributed by atoms with Crippen LogP contribution < -0.4 is 10.2 Å². The molecule has 4 heteroatoms. The molecular formula is C17H27ClN2S. The van der Waals surface area contributed by atoms with Gasteiger partial charge in [-0.15, -0.1) is 0 Å². The molecule has 0 spiro atoms. The molecule has 1 fully saturated rings. The Hall–Kier alpha value is -0.380. The van der Waals surface area contributed by atoms with Crippen LogP contribution in [0.15, 0.2) is 18.2 Å². The molecule has 1 N–H and O–H groups in total. The molecule has 118 valence electrons. The van der Waals surface area contributed by atoms with Gasteiger partial charge in [0.2, 0.25) is 0 Å². The standard InChI is InChI=1S/C17H27ClN2S/c1-12-10-20(11-13(2)21-12)16-14(7-6-8-15(16)18)9-19-17(3,4)5/h6-8,12-13,19H,9-11H2,1-5H3. The van der Waals surface area contributed by atoms with E-state index in [1.54, 1.807) is 0 Å². The van der Waals surface area contributed by atoms with Gasteiger partial charge in [-0.2, -0.15) is 11.8 Å². The summed E-state index contributed by atoms with van der Waals surface area (Å²) in [5.41, 5.74) is 2.62. The first kappa shape index (κ1) is 17.0. The Morgan fingerprint density at radius 2 is 1.86 bits per heavy atom. The molecule has 1 aromatic rings. The summed E-state index contributed by atoms with van der Waals surface area (Å²) in [6.45, 7) is 14.2. The average molecular weight is 327 g/mol. The monoisotopic (exact) mass is 326 g/mol. The lowest BCUT2D eigenvalue weighted by Crippen LogP contribution is -2.41. The van der Waals surface area contributed by atoms with Gasteiger partial charge < -0.3 is 10.2 Å². The van der Waals surface area contributed by atoms with Crippen LogP contribution in [0.5, 0.6) is 0 Å². The minimum atomic E-state index is 0.109. The van der Waals surface area contributed by atoms with Gasteiger partial charge in [-0.05, 0) is 32.4 Å². The minimum Gasteiger partial charge on any atom is -0.368 e. The lowest BCUT2D eigenvalue weighted by Gasteiger charge is -2.38. The highest BCUT2D eigenvalue weighted by Crippen LogP contribution is 2.35. The molecule has 2 rings (SSSR count). The Labute approximate surface area is 138 Å². The van der Waals surface area contributed by atoms with Crippen LogP contribution >= 0.6 is 23.4 Å². The molecule has 0 radical (unpaired) electrons. The van der Waals surface area contributed by atoms with Crippen LogP contribution in [0.1, 0.15) is 40.2 Å². The maximum atomic E-state index is 6.53. The number of para-hydroxylation sites is 1. The predicted octanol–water partition coefficient (Wildman–Crippen LogP) is 4.56. The zero-order chi connectivity index (χ0) is 15.6. The SMILES string of the molecule is CC1CN(c2c(Cl)cccc2CNC(C)(C)C)CC(C)S1. The van der Waals surface area contributed by atoms with Gasteiger partial charge in [0, 0.05) is 35.7 Å². The second-order valence-corrected chi connectivity index (χ2v) is 9.30. The number of hydrogen-bond donors (Lipinski definition) is 1. The zero-order valence-electron chi connectivity index (χ0n) is 13.7. The highest BCUT2D eigenvalue weighted by molar-refractivity contribution is 8.00. The fraction of sp³-hybridized carbons (Fsp3) is 0.647. The van der Waals surface area contributed by atoms with Gasteiger partial charge in [-0.25, -0.2) is 0 Å². The first-order chi connectivity index (χ1) is 9.76. The van der Waals surface area contributed by atoms with Gasteiger partial charge in [0.05, 0.1) is 10.7 Å². The number of benzene rings is 1. The van der Waals surface area contributed by atoms with E-state index < -0.39 is 0 Å². The van der Waals surface area contributed by atoms with E-state index in [2.05, 4.69) is 68.7 Å². The molecule has 1 saturated heterocycles. The highest BCUT2D eigenvalue weighted by Gasteiger charge is 2.25. The number of rotatable bonds is 3. The maximum absolute atomic E-state index is 6.53. The molecule has 1 aliphatic heterocycles. The van der Waals surface area contributed by atoms with E-state index in [1.807, 2.05) is 6.07 Å². The molecule has 0 aliphatic carbocycles. The summed E-state index contributed by atoms with van der Waals surface area (Å²) in [6.07, 6.45) is 0. The first-order valence-corrected chi connectivity index (χ1v) is 9.01. The van der Waals surface area contributed by atoms with E-state index >= 15 is 0 Å². The van der Waals surface area contributed by atoms with E-state index in [1.165, 1.54) is 11.3 Å². The van der Waals surface area contributed by atoms with Gasteiger partial charge in [0.1, 0.15) is 0 Å². The maximum Gasteiger partial charge on any atom is 0.0642 e. The van der Waals surface area contributed by atoms with Crippen molar-refractivity contribution in [3.8, 4) is 0 Å². The average Bonchev–Trinajstić information content (AvgIpc) is 2.34. The largest absolute Gasteiger partial charge is 0.368 e. The fourth-order valence-electron chi connectivity index (χ4n) is 2.78. The summed E-state index contributed by atoms with van der Waals surface area (Å²) < 4.78 is 0. The van der Waals surface area contributed by atoms with Crippen LogP contribution in [0.3, 0.4) is 0 Å². The summed E-state index contributed by atoms with van der Waals surface area (Å²) in [5, 5.41) is 5.74. The number of nitrogens with zero attached hydrogens (tertiary/aromatic N) is 1. The van der Waals surface area contributed by atoms with Gasteiger partial charge in [-0.1, -0.05) is 37.6 Å². The molecule has 1 aromatic carbocycles. The summed E-state index contributed by atoms with van der Waals surface area (Å²) in [4.78, 5) is 2.47. The van der Waals surface area contributed by atoms with Crippen molar-refractivity contribution < 1.29 is 0 Å². The zero-order valence-corrected chi connectivity index (χ0v) is 15.3. The topological polar surface area (TPSA) is 15.3 Å². The van der Waals surface area contributed by atoms with Crippen LogP contribution in [0.25, 0.3) is 0 Å². The third-order valence-corrected chi connectivity index (χ3v) is 5.15. The molecular weight excluding hydrogens is 300 g/mol. The molecule has 1 heterocycles. The van der Waals surface area contributed by atoms with Crippen molar-refractivity contribution in [2.24, 2.45) is 0 Å². The molecule has 0 aromatic heterocycles. The fourth-order valence-corrected chi connectivity index (χ4v) is 4.42. The summed E-state index contributed by atoms with van der Waals surface area (Å²) >= 11 is 8.60.